The highest BCUT2D eigenvalue weighted by atomic mass is 16.5. The number of pyridine rings is 1. The van der Waals surface area contributed by atoms with Gasteiger partial charge in [0.1, 0.15) is 5.82 Å². The summed E-state index contributed by atoms with van der Waals surface area (Å²) in [5.74, 6) is 0.799. The van der Waals surface area contributed by atoms with E-state index in [0.29, 0.717) is 22.9 Å². The van der Waals surface area contributed by atoms with E-state index in [2.05, 4.69) is 22.0 Å². The topological polar surface area (TPSA) is 71.5 Å². The predicted octanol–water partition coefficient (Wildman–Crippen LogP) is 3.48. The zero-order chi connectivity index (χ0) is 18.5. The number of amides is 1. The number of anilines is 2. The lowest BCUT2D eigenvalue weighted by molar-refractivity contribution is 0.0600. The number of benzene rings is 1. The maximum atomic E-state index is 12.7. The Kier molecular flexibility index (Phi) is 5.51. The van der Waals surface area contributed by atoms with E-state index in [1.807, 2.05) is 4.90 Å². The Bertz CT molecular complexity index is 789. The number of likely N-dealkylation sites (tertiary alicyclic amines) is 1. The van der Waals surface area contributed by atoms with Crippen molar-refractivity contribution in [3.63, 3.8) is 0 Å². The first-order chi connectivity index (χ1) is 12.6. The van der Waals surface area contributed by atoms with E-state index in [-0.39, 0.29) is 11.9 Å². The number of nitrogens with zero attached hydrogens (tertiary/aromatic N) is 2. The average molecular weight is 353 g/mol. The molecule has 0 aliphatic carbocycles. The van der Waals surface area contributed by atoms with Crippen molar-refractivity contribution in [2.75, 3.05) is 25.5 Å². The van der Waals surface area contributed by atoms with E-state index < -0.39 is 0 Å². The molecule has 0 saturated carbocycles. The molecule has 1 saturated heterocycles. The van der Waals surface area contributed by atoms with Crippen LogP contribution in [0.15, 0.2) is 42.6 Å². The van der Waals surface area contributed by atoms with Crippen LogP contribution in [0.4, 0.5) is 11.5 Å². The van der Waals surface area contributed by atoms with Gasteiger partial charge in [0.15, 0.2) is 0 Å². The SMILES string of the molecule is COC(=O)c1ccc(Nc2cc(C(=O)N3CCCC(C)C3)ccn2)cc1. The third-order valence-corrected chi connectivity index (χ3v) is 4.53. The third-order valence-electron chi connectivity index (χ3n) is 4.53. The first-order valence-corrected chi connectivity index (χ1v) is 8.77. The lowest BCUT2D eigenvalue weighted by Gasteiger charge is -2.31. The maximum absolute atomic E-state index is 12.7. The molecule has 1 aromatic heterocycles. The van der Waals surface area contributed by atoms with Gasteiger partial charge in [-0.1, -0.05) is 6.92 Å². The van der Waals surface area contributed by atoms with Gasteiger partial charge < -0.3 is 15.0 Å². The number of esters is 1. The van der Waals surface area contributed by atoms with Crippen molar-refractivity contribution in [2.45, 2.75) is 19.8 Å². The molecular formula is C20H23N3O3. The van der Waals surface area contributed by atoms with Gasteiger partial charge in [-0.25, -0.2) is 9.78 Å². The summed E-state index contributed by atoms with van der Waals surface area (Å²) in [4.78, 5) is 30.4. The molecule has 0 bridgehead atoms. The molecule has 1 aliphatic rings. The number of nitrogens with one attached hydrogen (secondary N) is 1. The predicted molar refractivity (Wildman–Crippen MR) is 99.6 cm³/mol. The van der Waals surface area contributed by atoms with Crippen LogP contribution < -0.4 is 5.32 Å². The summed E-state index contributed by atoms with van der Waals surface area (Å²) in [7, 11) is 1.35. The van der Waals surface area contributed by atoms with Crippen LogP contribution in [0.5, 0.6) is 0 Å². The summed E-state index contributed by atoms with van der Waals surface area (Å²) < 4.78 is 4.69. The van der Waals surface area contributed by atoms with Crippen molar-refractivity contribution in [2.24, 2.45) is 5.92 Å². The molecule has 2 aromatic rings. The standard InChI is InChI=1S/C20H23N3O3/c1-14-4-3-11-23(13-14)19(24)16-9-10-21-18(12-16)22-17-7-5-15(6-8-17)20(25)26-2/h5-10,12,14H,3-4,11,13H2,1-2H3,(H,21,22). The van der Waals surface area contributed by atoms with Gasteiger partial charge in [0, 0.05) is 30.5 Å². The van der Waals surface area contributed by atoms with Crippen molar-refractivity contribution in [3.8, 4) is 0 Å². The van der Waals surface area contributed by atoms with Crippen molar-refractivity contribution >= 4 is 23.4 Å². The molecule has 6 heteroatoms. The Morgan fingerprint density at radius 1 is 1.19 bits per heavy atom. The first kappa shape index (κ1) is 17.9. The molecule has 1 unspecified atom stereocenters. The molecule has 0 spiro atoms. The van der Waals surface area contributed by atoms with Gasteiger partial charge >= 0.3 is 5.97 Å². The van der Waals surface area contributed by atoms with Gasteiger partial charge in [-0.05, 0) is 55.2 Å². The Balaban J connectivity index is 1.71. The van der Waals surface area contributed by atoms with Gasteiger partial charge in [-0.2, -0.15) is 0 Å². The molecule has 6 nitrogen and oxygen atoms in total. The highest BCUT2D eigenvalue weighted by Gasteiger charge is 2.22. The number of ether oxygens (including phenoxy) is 1. The van der Waals surface area contributed by atoms with Crippen molar-refractivity contribution in [1.29, 1.82) is 0 Å². The summed E-state index contributed by atoms with van der Waals surface area (Å²) in [6.45, 7) is 3.79. The number of hydrogen-bond donors (Lipinski definition) is 1. The fourth-order valence-corrected chi connectivity index (χ4v) is 3.14. The quantitative estimate of drug-likeness (QED) is 0.852. The van der Waals surface area contributed by atoms with E-state index >= 15 is 0 Å². The number of piperidine rings is 1. The van der Waals surface area contributed by atoms with Crippen LogP contribution in [0.25, 0.3) is 0 Å². The Morgan fingerprint density at radius 3 is 2.65 bits per heavy atom. The molecule has 1 N–H and O–H groups in total. The smallest absolute Gasteiger partial charge is 0.337 e. The number of carbonyl (C=O) groups excluding carboxylic acids is 2. The normalized spacial score (nSPS) is 16.8. The maximum Gasteiger partial charge on any atom is 0.337 e. The lowest BCUT2D eigenvalue weighted by Crippen LogP contribution is -2.39. The molecule has 1 amide bonds. The van der Waals surface area contributed by atoms with Crippen LogP contribution in [0.2, 0.25) is 0 Å². The largest absolute Gasteiger partial charge is 0.465 e. The second-order valence-corrected chi connectivity index (χ2v) is 6.62. The van der Waals surface area contributed by atoms with Gasteiger partial charge in [0.2, 0.25) is 0 Å². The summed E-state index contributed by atoms with van der Waals surface area (Å²) >= 11 is 0. The Hall–Kier alpha value is -2.89. The third kappa shape index (κ3) is 4.20. The molecule has 0 radical (unpaired) electrons. The van der Waals surface area contributed by atoms with Crippen LogP contribution in [0, 0.1) is 5.92 Å². The second-order valence-electron chi connectivity index (χ2n) is 6.62. The molecule has 1 atom stereocenters. The van der Waals surface area contributed by atoms with Crippen LogP contribution in [0.1, 0.15) is 40.5 Å². The van der Waals surface area contributed by atoms with E-state index in [1.54, 1.807) is 42.6 Å². The van der Waals surface area contributed by atoms with Gasteiger partial charge in [0.05, 0.1) is 12.7 Å². The minimum atomic E-state index is -0.377. The Labute approximate surface area is 153 Å². The molecule has 1 aromatic carbocycles. The molecule has 136 valence electrons. The van der Waals surface area contributed by atoms with E-state index in [9.17, 15) is 9.59 Å². The van der Waals surface area contributed by atoms with Crippen molar-refractivity contribution in [3.05, 3.63) is 53.7 Å². The van der Waals surface area contributed by atoms with Crippen molar-refractivity contribution in [1.82, 2.24) is 9.88 Å². The summed E-state index contributed by atoms with van der Waals surface area (Å²) in [6, 6.07) is 10.4. The van der Waals surface area contributed by atoms with Crippen LogP contribution in [0.3, 0.4) is 0 Å². The highest BCUT2D eigenvalue weighted by Crippen LogP contribution is 2.20. The minimum Gasteiger partial charge on any atom is -0.465 e. The fourth-order valence-electron chi connectivity index (χ4n) is 3.14. The van der Waals surface area contributed by atoms with Crippen LogP contribution in [-0.4, -0.2) is 42.0 Å². The molecule has 3 rings (SSSR count). The zero-order valence-electron chi connectivity index (χ0n) is 15.1. The van der Waals surface area contributed by atoms with Gasteiger partial charge in [-0.15, -0.1) is 0 Å². The van der Waals surface area contributed by atoms with Crippen LogP contribution >= 0.6 is 0 Å². The number of hydrogen-bond acceptors (Lipinski definition) is 5. The molecule has 2 heterocycles. The van der Waals surface area contributed by atoms with E-state index in [4.69, 9.17) is 0 Å². The molecule has 1 fully saturated rings. The van der Waals surface area contributed by atoms with Crippen LogP contribution in [-0.2, 0) is 4.74 Å². The number of carbonyl (C=O) groups is 2. The zero-order valence-corrected chi connectivity index (χ0v) is 15.1. The number of rotatable bonds is 4. The number of methoxy groups -OCH3 is 1. The second kappa shape index (κ2) is 7.99. The minimum absolute atomic E-state index is 0.0445. The monoisotopic (exact) mass is 353 g/mol. The highest BCUT2D eigenvalue weighted by molar-refractivity contribution is 5.95. The molecular weight excluding hydrogens is 330 g/mol. The van der Waals surface area contributed by atoms with E-state index in [1.165, 1.54) is 13.5 Å². The Morgan fingerprint density at radius 2 is 1.96 bits per heavy atom. The average Bonchev–Trinajstić information content (AvgIpc) is 2.67. The van der Waals surface area contributed by atoms with Crippen molar-refractivity contribution < 1.29 is 14.3 Å². The summed E-state index contributed by atoms with van der Waals surface area (Å²) in [5, 5.41) is 3.16. The summed E-state index contributed by atoms with van der Waals surface area (Å²) in [5.41, 5.74) is 1.89. The molecule has 26 heavy (non-hydrogen) atoms. The lowest BCUT2D eigenvalue weighted by atomic mass is 9.99. The van der Waals surface area contributed by atoms with Gasteiger partial charge in [0.25, 0.3) is 5.91 Å². The molecule has 1 aliphatic heterocycles. The van der Waals surface area contributed by atoms with E-state index in [0.717, 1.165) is 25.2 Å². The number of aromatic nitrogens is 1. The fraction of sp³-hybridized carbons (Fsp3) is 0.350. The van der Waals surface area contributed by atoms with Gasteiger partial charge in [-0.3, -0.25) is 4.79 Å². The first-order valence-electron chi connectivity index (χ1n) is 8.77. The summed E-state index contributed by atoms with van der Waals surface area (Å²) in [6.07, 6.45) is 3.86.